The zero-order valence-corrected chi connectivity index (χ0v) is 11.6. The lowest BCUT2D eigenvalue weighted by atomic mass is 10.2. The molecule has 0 aromatic heterocycles. The summed E-state index contributed by atoms with van der Waals surface area (Å²) in [5, 5.41) is 12.4. The molecule has 0 fully saturated rings. The van der Waals surface area contributed by atoms with E-state index in [-0.39, 0.29) is 6.61 Å². The van der Waals surface area contributed by atoms with Gasteiger partial charge in [0, 0.05) is 34.2 Å². The highest BCUT2D eigenvalue weighted by Gasteiger charge is 1.99. The fourth-order valence-electron chi connectivity index (χ4n) is 1.78. The van der Waals surface area contributed by atoms with Crippen molar-refractivity contribution < 1.29 is 9.32 Å². The molecule has 0 radical (unpaired) electrons. The van der Waals surface area contributed by atoms with Crippen LogP contribution in [-0.4, -0.2) is 15.6 Å². The molecule has 19 heavy (non-hydrogen) atoms. The summed E-state index contributed by atoms with van der Waals surface area (Å²) in [6.45, 7) is 0.748. The molecule has 2 aromatic carbocycles. The SMILES string of the molecule is CS(=O)c1ccc(CNc2cccc(CO)c2)cc1. The highest BCUT2D eigenvalue weighted by atomic mass is 32.2. The minimum Gasteiger partial charge on any atom is -0.392 e. The van der Waals surface area contributed by atoms with E-state index < -0.39 is 10.8 Å². The number of anilines is 1. The first kappa shape index (κ1) is 13.8. The van der Waals surface area contributed by atoms with E-state index in [1.54, 1.807) is 6.26 Å². The van der Waals surface area contributed by atoms with Crippen molar-refractivity contribution in [1.29, 1.82) is 0 Å². The third-order valence-electron chi connectivity index (χ3n) is 2.86. The molecule has 1 atom stereocenters. The van der Waals surface area contributed by atoms with Crippen LogP contribution in [0.1, 0.15) is 11.1 Å². The van der Waals surface area contributed by atoms with Crippen molar-refractivity contribution in [3.05, 3.63) is 59.7 Å². The largest absolute Gasteiger partial charge is 0.392 e. The Balaban J connectivity index is 1.99. The summed E-state index contributed by atoms with van der Waals surface area (Å²) in [7, 11) is -0.930. The van der Waals surface area contributed by atoms with Gasteiger partial charge in [-0.15, -0.1) is 0 Å². The Kier molecular flexibility index (Phi) is 4.71. The Morgan fingerprint density at radius 3 is 2.47 bits per heavy atom. The molecule has 0 aliphatic rings. The minimum absolute atomic E-state index is 0.0481. The van der Waals surface area contributed by atoms with E-state index in [0.29, 0.717) is 6.54 Å². The standard InChI is InChI=1S/C15H17NO2S/c1-19(18)15-7-5-12(6-8-15)10-16-14-4-2-3-13(9-14)11-17/h2-9,16-17H,10-11H2,1H3. The second-order valence-electron chi connectivity index (χ2n) is 4.31. The van der Waals surface area contributed by atoms with Gasteiger partial charge in [-0.2, -0.15) is 0 Å². The summed E-state index contributed by atoms with van der Waals surface area (Å²) >= 11 is 0. The maximum absolute atomic E-state index is 11.3. The maximum Gasteiger partial charge on any atom is 0.0682 e. The Morgan fingerprint density at radius 2 is 1.84 bits per heavy atom. The molecule has 0 heterocycles. The van der Waals surface area contributed by atoms with Crippen LogP contribution >= 0.6 is 0 Å². The second-order valence-corrected chi connectivity index (χ2v) is 5.69. The van der Waals surface area contributed by atoms with Crippen LogP contribution in [0.15, 0.2) is 53.4 Å². The summed E-state index contributed by atoms with van der Waals surface area (Å²) in [6, 6.07) is 15.4. The highest BCUT2D eigenvalue weighted by molar-refractivity contribution is 7.84. The molecule has 0 aliphatic heterocycles. The Hall–Kier alpha value is -1.65. The van der Waals surface area contributed by atoms with E-state index >= 15 is 0 Å². The minimum atomic E-state index is -0.930. The smallest absolute Gasteiger partial charge is 0.0682 e. The van der Waals surface area contributed by atoms with E-state index in [1.165, 1.54) is 0 Å². The number of hydrogen-bond donors (Lipinski definition) is 2. The lowest BCUT2D eigenvalue weighted by molar-refractivity contribution is 0.282. The van der Waals surface area contributed by atoms with Gasteiger partial charge in [0.25, 0.3) is 0 Å². The number of aliphatic hydroxyl groups excluding tert-OH is 1. The third kappa shape index (κ3) is 3.91. The fourth-order valence-corrected chi connectivity index (χ4v) is 2.30. The van der Waals surface area contributed by atoms with Gasteiger partial charge in [-0.1, -0.05) is 24.3 Å². The van der Waals surface area contributed by atoms with Crippen LogP contribution in [-0.2, 0) is 24.0 Å². The molecule has 2 rings (SSSR count). The number of aliphatic hydroxyl groups is 1. The molecule has 2 N–H and O–H groups in total. The molecule has 2 aromatic rings. The van der Waals surface area contributed by atoms with E-state index in [9.17, 15) is 4.21 Å². The molecule has 100 valence electrons. The van der Waals surface area contributed by atoms with Crippen molar-refractivity contribution in [3.63, 3.8) is 0 Å². The first-order chi connectivity index (χ1) is 9.19. The molecule has 0 spiro atoms. The number of benzene rings is 2. The van der Waals surface area contributed by atoms with Gasteiger partial charge >= 0.3 is 0 Å². The summed E-state index contributed by atoms with van der Waals surface area (Å²) in [4.78, 5) is 0.839. The first-order valence-electron chi connectivity index (χ1n) is 6.05. The summed E-state index contributed by atoms with van der Waals surface area (Å²) in [5.74, 6) is 0. The predicted octanol–water partition coefficient (Wildman–Crippen LogP) is 2.53. The van der Waals surface area contributed by atoms with Gasteiger partial charge in [0.2, 0.25) is 0 Å². The lowest BCUT2D eigenvalue weighted by Gasteiger charge is -2.08. The summed E-state index contributed by atoms with van der Waals surface area (Å²) in [6.07, 6.45) is 1.67. The van der Waals surface area contributed by atoms with Crippen molar-refractivity contribution in [2.45, 2.75) is 18.0 Å². The quantitative estimate of drug-likeness (QED) is 0.881. The van der Waals surface area contributed by atoms with Crippen molar-refractivity contribution in [2.75, 3.05) is 11.6 Å². The van der Waals surface area contributed by atoms with Crippen LogP contribution in [0.5, 0.6) is 0 Å². The van der Waals surface area contributed by atoms with Gasteiger partial charge in [0.1, 0.15) is 0 Å². The maximum atomic E-state index is 11.3. The average molecular weight is 275 g/mol. The van der Waals surface area contributed by atoms with E-state index in [4.69, 9.17) is 5.11 Å². The highest BCUT2D eigenvalue weighted by Crippen LogP contribution is 2.13. The Labute approximate surface area is 115 Å². The Morgan fingerprint density at radius 1 is 1.11 bits per heavy atom. The zero-order valence-electron chi connectivity index (χ0n) is 10.8. The van der Waals surface area contributed by atoms with Crippen molar-refractivity contribution in [1.82, 2.24) is 0 Å². The van der Waals surface area contributed by atoms with Crippen molar-refractivity contribution in [3.8, 4) is 0 Å². The number of nitrogens with one attached hydrogen (secondary N) is 1. The first-order valence-corrected chi connectivity index (χ1v) is 7.61. The number of rotatable bonds is 5. The van der Waals surface area contributed by atoms with Crippen LogP contribution < -0.4 is 5.32 Å². The second kappa shape index (κ2) is 6.50. The van der Waals surface area contributed by atoms with Gasteiger partial charge in [0.15, 0.2) is 0 Å². The van der Waals surface area contributed by atoms with E-state index in [2.05, 4.69) is 5.32 Å². The predicted molar refractivity (Wildman–Crippen MR) is 78.5 cm³/mol. The molecule has 0 saturated heterocycles. The molecule has 0 saturated carbocycles. The van der Waals surface area contributed by atoms with Crippen LogP contribution in [0.4, 0.5) is 5.69 Å². The molecule has 4 heteroatoms. The zero-order chi connectivity index (χ0) is 13.7. The molecule has 0 bridgehead atoms. The van der Waals surface area contributed by atoms with E-state index in [0.717, 1.165) is 21.7 Å². The normalized spacial score (nSPS) is 12.1. The van der Waals surface area contributed by atoms with Gasteiger partial charge in [-0.05, 0) is 35.4 Å². The monoisotopic (exact) mass is 275 g/mol. The van der Waals surface area contributed by atoms with Gasteiger partial charge in [-0.25, -0.2) is 0 Å². The van der Waals surface area contributed by atoms with Gasteiger partial charge < -0.3 is 10.4 Å². The molecular weight excluding hydrogens is 258 g/mol. The van der Waals surface area contributed by atoms with Crippen LogP contribution in [0.2, 0.25) is 0 Å². The van der Waals surface area contributed by atoms with Gasteiger partial charge in [0.05, 0.1) is 6.61 Å². The van der Waals surface area contributed by atoms with Crippen LogP contribution in [0.3, 0.4) is 0 Å². The molecule has 3 nitrogen and oxygen atoms in total. The molecular formula is C15H17NO2S. The summed E-state index contributed by atoms with van der Waals surface area (Å²) < 4.78 is 11.3. The lowest BCUT2D eigenvalue weighted by Crippen LogP contribution is -2.00. The molecule has 0 aliphatic carbocycles. The summed E-state index contributed by atoms with van der Waals surface area (Å²) in [5.41, 5.74) is 3.00. The molecule has 1 unspecified atom stereocenters. The van der Waals surface area contributed by atoms with E-state index in [1.807, 2.05) is 48.5 Å². The van der Waals surface area contributed by atoms with Gasteiger partial charge in [-0.3, -0.25) is 4.21 Å². The Bertz CT molecular complexity index is 567. The fraction of sp³-hybridized carbons (Fsp3) is 0.200. The molecule has 0 amide bonds. The third-order valence-corrected chi connectivity index (χ3v) is 3.80. The number of hydrogen-bond acceptors (Lipinski definition) is 3. The average Bonchev–Trinajstić information content (AvgIpc) is 2.46. The van der Waals surface area contributed by atoms with Crippen LogP contribution in [0, 0.1) is 0 Å². The topological polar surface area (TPSA) is 49.3 Å². The van der Waals surface area contributed by atoms with Crippen molar-refractivity contribution >= 4 is 16.5 Å². The van der Waals surface area contributed by atoms with Crippen molar-refractivity contribution in [2.24, 2.45) is 0 Å². The van der Waals surface area contributed by atoms with Crippen LogP contribution in [0.25, 0.3) is 0 Å².